The highest BCUT2D eigenvalue weighted by atomic mass is 35.5. The highest BCUT2D eigenvalue weighted by Crippen LogP contribution is 2.25. The smallest absolute Gasteiger partial charge is 0.227 e. The number of anilines is 2. The van der Waals surface area contributed by atoms with Gasteiger partial charge in [0.2, 0.25) is 23.5 Å². The van der Waals surface area contributed by atoms with E-state index in [0.717, 1.165) is 0 Å². The number of rotatable bonds is 6. The maximum Gasteiger partial charge on any atom is 0.227 e. The van der Waals surface area contributed by atoms with Crippen molar-refractivity contribution in [3.05, 3.63) is 59.4 Å². The van der Waals surface area contributed by atoms with E-state index in [-0.39, 0.29) is 18.2 Å². The zero-order valence-corrected chi connectivity index (χ0v) is 15.3. The van der Waals surface area contributed by atoms with Gasteiger partial charge in [0.25, 0.3) is 0 Å². The Morgan fingerprint density at radius 1 is 1.04 bits per heavy atom. The van der Waals surface area contributed by atoms with Crippen molar-refractivity contribution in [3.8, 4) is 11.4 Å². The summed E-state index contributed by atoms with van der Waals surface area (Å²) in [6, 6.07) is 14.1. The van der Waals surface area contributed by atoms with Crippen LogP contribution in [0.2, 0.25) is 5.02 Å². The second-order valence-electron chi connectivity index (χ2n) is 5.80. The number of carbonyl (C=O) groups excluding carboxylic acids is 2. The third-order valence-corrected chi connectivity index (χ3v) is 3.97. The number of hydrogen-bond donors (Lipinski definition) is 2. The lowest BCUT2D eigenvalue weighted by Gasteiger charge is -2.06. The number of hydrogen-bond acceptors (Lipinski definition) is 5. The molecule has 3 aromatic rings. The Labute approximate surface area is 160 Å². The zero-order valence-electron chi connectivity index (χ0n) is 14.5. The molecule has 0 aliphatic carbocycles. The van der Waals surface area contributed by atoms with Crippen LogP contribution in [-0.4, -0.2) is 22.0 Å². The quantitative estimate of drug-likeness (QED) is 0.671. The molecule has 0 radical (unpaired) electrons. The van der Waals surface area contributed by atoms with Crippen molar-refractivity contribution in [1.29, 1.82) is 0 Å². The number of halogens is 1. The van der Waals surface area contributed by atoms with Crippen LogP contribution in [0.4, 0.5) is 11.4 Å². The minimum absolute atomic E-state index is 0.150. The van der Waals surface area contributed by atoms with Crippen molar-refractivity contribution in [2.75, 3.05) is 10.6 Å². The van der Waals surface area contributed by atoms with Gasteiger partial charge >= 0.3 is 0 Å². The molecule has 0 unspecified atom stereocenters. The number of amides is 2. The van der Waals surface area contributed by atoms with Crippen molar-refractivity contribution < 1.29 is 14.1 Å². The normalized spacial score (nSPS) is 10.4. The molecule has 2 amide bonds. The summed E-state index contributed by atoms with van der Waals surface area (Å²) >= 11 is 6.12. The minimum atomic E-state index is -0.181. The van der Waals surface area contributed by atoms with E-state index in [1.54, 1.807) is 36.4 Å². The van der Waals surface area contributed by atoms with Gasteiger partial charge in [-0.3, -0.25) is 9.59 Å². The lowest BCUT2D eigenvalue weighted by atomic mass is 10.2. The highest BCUT2D eigenvalue weighted by molar-refractivity contribution is 6.33. The maximum atomic E-state index is 12.1. The van der Waals surface area contributed by atoms with Crippen molar-refractivity contribution >= 4 is 34.8 Å². The molecule has 0 fully saturated rings. The van der Waals surface area contributed by atoms with Gasteiger partial charge in [-0.2, -0.15) is 4.98 Å². The molecule has 27 heavy (non-hydrogen) atoms. The van der Waals surface area contributed by atoms with Crippen LogP contribution in [0, 0.1) is 0 Å². The third kappa shape index (κ3) is 5.15. The number of nitrogens with zero attached hydrogens (tertiary/aromatic N) is 2. The fraction of sp³-hybridized carbons (Fsp3) is 0.158. The van der Waals surface area contributed by atoms with E-state index in [9.17, 15) is 9.59 Å². The molecule has 138 valence electrons. The van der Waals surface area contributed by atoms with Crippen LogP contribution in [0.5, 0.6) is 0 Å². The van der Waals surface area contributed by atoms with Crippen LogP contribution < -0.4 is 10.6 Å². The van der Waals surface area contributed by atoms with Gasteiger partial charge in [0.15, 0.2) is 0 Å². The van der Waals surface area contributed by atoms with Gasteiger partial charge in [0, 0.05) is 36.7 Å². The molecule has 0 aliphatic heterocycles. The van der Waals surface area contributed by atoms with Gasteiger partial charge in [-0.05, 0) is 36.4 Å². The molecular formula is C19H17ClN4O3. The van der Waals surface area contributed by atoms with E-state index in [1.807, 2.05) is 12.1 Å². The number of aromatic nitrogens is 2. The Morgan fingerprint density at radius 2 is 1.70 bits per heavy atom. The van der Waals surface area contributed by atoms with E-state index >= 15 is 0 Å². The predicted molar refractivity (Wildman–Crippen MR) is 102 cm³/mol. The van der Waals surface area contributed by atoms with Crippen LogP contribution in [0.25, 0.3) is 11.4 Å². The Kier molecular flexibility index (Phi) is 5.83. The van der Waals surface area contributed by atoms with Gasteiger partial charge in [-0.1, -0.05) is 28.9 Å². The largest absolute Gasteiger partial charge is 0.339 e. The van der Waals surface area contributed by atoms with Crippen molar-refractivity contribution in [1.82, 2.24) is 10.1 Å². The second-order valence-corrected chi connectivity index (χ2v) is 6.21. The topological polar surface area (TPSA) is 97.1 Å². The van der Waals surface area contributed by atoms with E-state index in [0.29, 0.717) is 40.1 Å². The summed E-state index contributed by atoms with van der Waals surface area (Å²) in [5.41, 5.74) is 1.98. The fourth-order valence-corrected chi connectivity index (χ4v) is 2.61. The monoisotopic (exact) mass is 384 g/mol. The van der Waals surface area contributed by atoms with Gasteiger partial charge in [0.1, 0.15) is 0 Å². The molecule has 0 bridgehead atoms. The van der Waals surface area contributed by atoms with Gasteiger partial charge < -0.3 is 15.2 Å². The van der Waals surface area contributed by atoms with E-state index in [4.69, 9.17) is 16.1 Å². The molecular weight excluding hydrogens is 368 g/mol. The summed E-state index contributed by atoms with van der Waals surface area (Å²) in [4.78, 5) is 27.4. The van der Waals surface area contributed by atoms with Crippen molar-refractivity contribution in [3.63, 3.8) is 0 Å². The van der Waals surface area contributed by atoms with Gasteiger partial charge in [0.05, 0.1) is 5.02 Å². The number of carbonyl (C=O) groups is 2. The first-order valence-corrected chi connectivity index (χ1v) is 8.64. The van der Waals surface area contributed by atoms with Crippen LogP contribution in [0.3, 0.4) is 0 Å². The molecule has 8 heteroatoms. The Bertz CT molecular complexity index is 954. The molecule has 0 spiro atoms. The molecule has 7 nitrogen and oxygen atoms in total. The van der Waals surface area contributed by atoms with E-state index in [1.165, 1.54) is 6.92 Å². The second kappa shape index (κ2) is 8.46. The first kappa shape index (κ1) is 18.6. The molecule has 2 N–H and O–H groups in total. The van der Waals surface area contributed by atoms with Crippen LogP contribution >= 0.6 is 11.6 Å². The van der Waals surface area contributed by atoms with E-state index in [2.05, 4.69) is 20.8 Å². The molecule has 0 saturated heterocycles. The summed E-state index contributed by atoms with van der Waals surface area (Å²) in [7, 11) is 0. The SMILES string of the molecule is CC(=O)Nc1ccc(NC(=O)CCc2nc(-c3ccccc3Cl)no2)cc1. The first-order chi connectivity index (χ1) is 13.0. The first-order valence-electron chi connectivity index (χ1n) is 8.26. The maximum absolute atomic E-state index is 12.1. The third-order valence-electron chi connectivity index (χ3n) is 3.64. The standard InChI is InChI=1S/C19H17ClN4O3/c1-12(25)21-13-6-8-14(9-7-13)22-17(26)10-11-18-23-19(24-27-18)15-4-2-3-5-16(15)20/h2-9H,10-11H2,1H3,(H,21,25)(H,22,26). The van der Waals surface area contributed by atoms with Crippen molar-refractivity contribution in [2.45, 2.75) is 19.8 Å². The predicted octanol–water partition coefficient (Wildman–Crippen LogP) is 3.92. The lowest BCUT2D eigenvalue weighted by molar-refractivity contribution is -0.116. The summed E-state index contributed by atoms with van der Waals surface area (Å²) in [5, 5.41) is 9.88. The molecule has 0 atom stereocenters. The lowest BCUT2D eigenvalue weighted by Crippen LogP contribution is -2.12. The Balaban J connectivity index is 1.54. The Hall–Kier alpha value is -3.19. The molecule has 1 heterocycles. The number of aryl methyl sites for hydroxylation is 1. The fourth-order valence-electron chi connectivity index (χ4n) is 2.39. The molecule has 2 aromatic carbocycles. The highest BCUT2D eigenvalue weighted by Gasteiger charge is 2.13. The average molecular weight is 385 g/mol. The minimum Gasteiger partial charge on any atom is -0.339 e. The Morgan fingerprint density at radius 3 is 2.37 bits per heavy atom. The van der Waals surface area contributed by atoms with Gasteiger partial charge in [-0.15, -0.1) is 0 Å². The molecule has 3 rings (SSSR count). The van der Waals surface area contributed by atoms with E-state index < -0.39 is 0 Å². The number of nitrogens with one attached hydrogen (secondary N) is 2. The van der Waals surface area contributed by atoms with Crippen LogP contribution in [0.1, 0.15) is 19.2 Å². The number of benzene rings is 2. The average Bonchev–Trinajstić information content (AvgIpc) is 3.10. The van der Waals surface area contributed by atoms with Crippen LogP contribution in [0.15, 0.2) is 53.1 Å². The summed E-state index contributed by atoms with van der Waals surface area (Å²) < 4.78 is 5.19. The summed E-state index contributed by atoms with van der Waals surface area (Å²) in [5.74, 6) is 0.424. The van der Waals surface area contributed by atoms with Crippen LogP contribution in [-0.2, 0) is 16.0 Å². The zero-order chi connectivity index (χ0) is 19.2. The molecule has 0 saturated carbocycles. The molecule has 1 aromatic heterocycles. The van der Waals surface area contributed by atoms with Gasteiger partial charge in [-0.25, -0.2) is 0 Å². The van der Waals surface area contributed by atoms with Crippen molar-refractivity contribution in [2.24, 2.45) is 0 Å². The molecule has 0 aliphatic rings. The summed E-state index contributed by atoms with van der Waals surface area (Å²) in [6.07, 6.45) is 0.505. The summed E-state index contributed by atoms with van der Waals surface area (Å²) in [6.45, 7) is 1.43.